The van der Waals surface area contributed by atoms with Crippen molar-refractivity contribution >= 4 is 5.96 Å². The number of nitrogens with one attached hydrogen (secondary N) is 2. The zero-order valence-electron chi connectivity index (χ0n) is 14.8. The first-order chi connectivity index (χ1) is 12.2. The van der Waals surface area contributed by atoms with Crippen molar-refractivity contribution in [2.24, 2.45) is 4.99 Å². The molecule has 0 spiro atoms. The molecule has 25 heavy (non-hydrogen) atoms. The topological polar surface area (TPSA) is 58.5 Å². The van der Waals surface area contributed by atoms with Crippen LogP contribution in [-0.2, 0) is 24.3 Å². The molecular weight excluding hydrogens is 319 g/mol. The van der Waals surface area contributed by atoms with E-state index in [2.05, 4.69) is 20.6 Å². The summed E-state index contributed by atoms with van der Waals surface area (Å²) in [5, 5.41) is 6.50. The average molecular weight is 344 g/mol. The first kappa shape index (κ1) is 18.9. The van der Waals surface area contributed by atoms with Crippen LogP contribution < -0.4 is 10.6 Å². The van der Waals surface area contributed by atoms with Gasteiger partial charge in [0, 0.05) is 44.1 Å². The first-order valence-electron chi connectivity index (χ1n) is 8.41. The summed E-state index contributed by atoms with van der Waals surface area (Å²) in [6, 6.07) is 10.9. The van der Waals surface area contributed by atoms with Gasteiger partial charge in [0.15, 0.2) is 5.96 Å². The molecule has 0 saturated carbocycles. The highest BCUT2D eigenvalue weighted by Crippen LogP contribution is 2.12. The van der Waals surface area contributed by atoms with Gasteiger partial charge in [0.05, 0.1) is 13.2 Å². The van der Waals surface area contributed by atoms with E-state index in [0.29, 0.717) is 12.1 Å². The number of nitrogens with zero attached hydrogens (tertiary/aromatic N) is 2. The molecule has 0 amide bonds. The quantitative estimate of drug-likeness (QED) is 0.571. The highest BCUT2D eigenvalue weighted by molar-refractivity contribution is 5.79. The van der Waals surface area contributed by atoms with E-state index in [4.69, 9.17) is 4.74 Å². The van der Waals surface area contributed by atoms with E-state index in [1.165, 1.54) is 6.07 Å². The summed E-state index contributed by atoms with van der Waals surface area (Å²) in [4.78, 5) is 8.86. The van der Waals surface area contributed by atoms with Crippen LogP contribution in [0.2, 0.25) is 0 Å². The van der Waals surface area contributed by atoms with Gasteiger partial charge in [-0.05, 0) is 36.8 Å². The monoisotopic (exact) mass is 344 g/mol. The zero-order chi connectivity index (χ0) is 17.9. The third-order valence-corrected chi connectivity index (χ3v) is 3.57. The van der Waals surface area contributed by atoms with Crippen LogP contribution in [0.4, 0.5) is 4.39 Å². The molecule has 2 rings (SSSR count). The van der Waals surface area contributed by atoms with Crippen LogP contribution in [0.5, 0.6) is 0 Å². The van der Waals surface area contributed by atoms with E-state index in [1.54, 1.807) is 25.4 Å². The Hall–Kier alpha value is -2.47. The Balaban J connectivity index is 1.93. The van der Waals surface area contributed by atoms with Crippen LogP contribution >= 0.6 is 0 Å². The fourth-order valence-corrected chi connectivity index (χ4v) is 2.36. The van der Waals surface area contributed by atoms with E-state index < -0.39 is 0 Å². The number of hydrogen-bond acceptors (Lipinski definition) is 3. The maximum absolute atomic E-state index is 13.7. The van der Waals surface area contributed by atoms with Crippen molar-refractivity contribution in [3.8, 4) is 0 Å². The van der Waals surface area contributed by atoms with Crippen molar-refractivity contribution in [3.05, 3.63) is 65.2 Å². The average Bonchev–Trinajstić information content (AvgIpc) is 2.63. The predicted molar refractivity (Wildman–Crippen MR) is 97.9 cm³/mol. The first-order valence-corrected chi connectivity index (χ1v) is 8.41. The van der Waals surface area contributed by atoms with E-state index in [0.717, 1.165) is 36.7 Å². The molecule has 0 unspecified atom stereocenters. The van der Waals surface area contributed by atoms with Crippen molar-refractivity contribution < 1.29 is 9.13 Å². The Morgan fingerprint density at radius 3 is 2.84 bits per heavy atom. The van der Waals surface area contributed by atoms with Crippen molar-refractivity contribution in [2.45, 2.75) is 26.5 Å². The molecule has 0 fully saturated rings. The smallest absolute Gasteiger partial charge is 0.191 e. The zero-order valence-corrected chi connectivity index (χ0v) is 14.8. The molecule has 1 heterocycles. The van der Waals surface area contributed by atoms with Crippen molar-refractivity contribution in [1.29, 1.82) is 0 Å². The Labute approximate surface area is 148 Å². The number of pyridine rings is 1. The molecular formula is C19H25FN4O. The van der Waals surface area contributed by atoms with Crippen molar-refractivity contribution in [1.82, 2.24) is 15.6 Å². The van der Waals surface area contributed by atoms with Gasteiger partial charge in [-0.15, -0.1) is 0 Å². The molecule has 0 bridgehead atoms. The van der Waals surface area contributed by atoms with Gasteiger partial charge in [0.1, 0.15) is 5.82 Å². The second-order valence-corrected chi connectivity index (χ2v) is 5.55. The van der Waals surface area contributed by atoms with Crippen LogP contribution in [-0.4, -0.2) is 31.1 Å². The SMILES string of the molecule is CCNC(=NCc1ccc(F)c(COC)c1)NCCc1ccccn1. The number of rotatable bonds is 8. The van der Waals surface area contributed by atoms with E-state index in [9.17, 15) is 4.39 Å². The Bertz CT molecular complexity index is 676. The molecule has 6 heteroatoms. The second-order valence-electron chi connectivity index (χ2n) is 5.55. The lowest BCUT2D eigenvalue weighted by molar-refractivity contribution is 0.181. The van der Waals surface area contributed by atoms with Gasteiger partial charge >= 0.3 is 0 Å². The Morgan fingerprint density at radius 1 is 1.24 bits per heavy atom. The number of ether oxygens (including phenoxy) is 1. The number of halogens is 1. The Kier molecular flexibility index (Phi) is 7.85. The molecule has 0 atom stereocenters. The van der Waals surface area contributed by atoms with Gasteiger partial charge < -0.3 is 15.4 Å². The van der Waals surface area contributed by atoms with Crippen LogP contribution in [0.25, 0.3) is 0 Å². The largest absolute Gasteiger partial charge is 0.380 e. The summed E-state index contributed by atoms with van der Waals surface area (Å²) >= 11 is 0. The lowest BCUT2D eigenvalue weighted by Crippen LogP contribution is -2.38. The molecule has 1 aromatic heterocycles. The van der Waals surface area contributed by atoms with Crippen molar-refractivity contribution in [2.75, 3.05) is 20.2 Å². The minimum Gasteiger partial charge on any atom is -0.380 e. The minimum atomic E-state index is -0.255. The summed E-state index contributed by atoms with van der Waals surface area (Å²) in [5.41, 5.74) is 2.52. The van der Waals surface area contributed by atoms with Crippen molar-refractivity contribution in [3.63, 3.8) is 0 Å². The van der Waals surface area contributed by atoms with Crippen LogP contribution in [0.1, 0.15) is 23.7 Å². The molecule has 134 valence electrons. The maximum atomic E-state index is 13.7. The molecule has 5 nitrogen and oxygen atoms in total. The summed E-state index contributed by atoms with van der Waals surface area (Å²) < 4.78 is 18.7. The maximum Gasteiger partial charge on any atom is 0.191 e. The number of hydrogen-bond donors (Lipinski definition) is 2. The van der Waals surface area contributed by atoms with E-state index in [1.807, 2.05) is 25.1 Å². The fourth-order valence-electron chi connectivity index (χ4n) is 2.36. The highest BCUT2D eigenvalue weighted by Gasteiger charge is 2.04. The van der Waals surface area contributed by atoms with Crippen LogP contribution in [0.15, 0.2) is 47.6 Å². The van der Waals surface area contributed by atoms with Gasteiger partial charge in [-0.25, -0.2) is 9.38 Å². The van der Waals surface area contributed by atoms with Gasteiger partial charge in [-0.2, -0.15) is 0 Å². The summed E-state index contributed by atoms with van der Waals surface area (Å²) in [5.74, 6) is 0.478. The molecule has 0 saturated heterocycles. The molecule has 0 aliphatic carbocycles. The van der Waals surface area contributed by atoms with Crippen LogP contribution in [0.3, 0.4) is 0 Å². The fraction of sp³-hybridized carbons (Fsp3) is 0.368. The predicted octanol–water partition coefficient (Wildman–Crippen LogP) is 2.66. The van der Waals surface area contributed by atoms with Gasteiger partial charge in [-0.3, -0.25) is 4.98 Å². The second kappa shape index (κ2) is 10.4. The third kappa shape index (κ3) is 6.51. The van der Waals surface area contributed by atoms with Gasteiger partial charge in [-0.1, -0.05) is 12.1 Å². The Morgan fingerprint density at radius 2 is 2.12 bits per heavy atom. The lowest BCUT2D eigenvalue weighted by Gasteiger charge is -2.11. The molecule has 0 radical (unpaired) electrons. The number of guanidine groups is 1. The summed E-state index contributed by atoms with van der Waals surface area (Å²) in [7, 11) is 1.55. The number of aromatic nitrogens is 1. The standard InChI is InChI=1S/C19H25FN4O/c1-3-21-19(23-11-9-17-6-4-5-10-22-17)24-13-15-7-8-18(20)16(12-15)14-25-2/h4-8,10,12H,3,9,11,13-14H2,1-2H3,(H2,21,23,24). The summed E-state index contributed by atoms with van der Waals surface area (Å²) in [6.07, 6.45) is 2.61. The van der Waals surface area contributed by atoms with E-state index in [-0.39, 0.29) is 12.4 Å². The minimum absolute atomic E-state index is 0.255. The van der Waals surface area contributed by atoms with E-state index >= 15 is 0 Å². The highest BCUT2D eigenvalue weighted by atomic mass is 19.1. The summed E-state index contributed by atoms with van der Waals surface area (Å²) in [6.45, 7) is 4.25. The molecule has 0 aliphatic heterocycles. The molecule has 2 N–H and O–H groups in total. The molecule has 1 aromatic carbocycles. The van der Waals surface area contributed by atoms with Crippen LogP contribution in [0, 0.1) is 5.82 Å². The number of methoxy groups -OCH3 is 1. The lowest BCUT2D eigenvalue weighted by atomic mass is 10.1. The third-order valence-electron chi connectivity index (χ3n) is 3.57. The normalized spacial score (nSPS) is 11.4. The number of aliphatic imine (C=N–C) groups is 1. The molecule has 0 aliphatic rings. The number of benzene rings is 1. The van der Waals surface area contributed by atoms with Gasteiger partial charge in [0.25, 0.3) is 0 Å². The van der Waals surface area contributed by atoms with Gasteiger partial charge in [0.2, 0.25) is 0 Å². The molecule has 2 aromatic rings.